The van der Waals surface area contributed by atoms with Gasteiger partial charge in [0.2, 0.25) is 5.71 Å². The molecule has 7 rings (SSSR count). The predicted octanol–water partition coefficient (Wildman–Crippen LogP) is 13.4. The van der Waals surface area contributed by atoms with Gasteiger partial charge in [0.25, 0.3) is 0 Å². The van der Waals surface area contributed by atoms with Crippen LogP contribution >= 0.6 is 0 Å². The summed E-state index contributed by atoms with van der Waals surface area (Å²) in [5, 5.41) is 2.00. The van der Waals surface area contributed by atoms with Gasteiger partial charge in [-0.1, -0.05) is 101 Å². The zero-order chi connectivity index (χ0) is 38.0. The summed E-state index contributed by atoms with van der Waals surface area (Å²) in [4.78, 5) is 14.3. The van der Waals surface area contributed by atoms with E-state index in [-0.39, 0.29) is 20.1 Å². The van der Waals surface area contributed by atoms with Gasteiger partial charge < -0.3 is 14.4 Å². The van der Waals surface area contributed by atoms with Gasteiger partial charge >= 0.3 is 0 Å². The maximum Gasteiger partial charge on any atom is 0.216 e. The molecule has 0 atom stereocenters. The number of nitrogens with zero attached hydrogens (tertiary/aromatic N) is 3. The summed E-state index contributed by atoms with van der Waals surface area (Å²) in [7, 11) is 0. The minimum absolute atomic E-state index is 0. The number of hydrogen-bond acceptors (Lipinski definition) is 4. The van der Waals surface area contributed by atoms with Crippen molar-refractivity contribution in [1.82, 2.24) is 15.0 Å². The summed E-state index contributed by atoms with van der Waals surface area (Å²) in [5.74, 6) is 0.156. The molecule has 53 heavy (non-hydrogen) atoms. The molecule has 4 nitrogen and oxygen atoms in total. The zero-order valence-electron chi connectivity index (χ0n) is 33.7. The van der Waals surface area contributed by atoms with Crippen LogP contribution in [-0.2, 0) is 20.1 Å². The normalized spacial score (nSPS) is 11.8. The Hall–Kier alpha value is -4.44. The van der Waals surface area contributed by atoms with Gasteiger partial charge in [-0.05, 0) is 97.1 Å². The first kappa shape index (κ1) is 38.3. The van der Waals surface area contributed by atoms with Crippen LogP contribution in [0, 0.1) is 39.8 Å². The van der Waals surface area contributed by atoms with E-state index >= 15 is 0 Å². The van der Waals surface area contributed by atoms with Crippen molar-refractivity contribution >= 4 is 22.1 Å². The van der Waals surface area contributed by atoms with Crippen molar-refractivity contribution < 1.29 is 25.9 Å². The average Bonchev–Trinajstić information content (AvgIpc) is 3.54. The standard InChI is InChI=1S/C34H37N2O.C14H14N.Ir/c1-8-23(9-2)29-19-35-31(18-22(29)7)28-15-11-14-26-27-16-17-30(36-34(27)37-33(26)28)32-24(20(3)4)12-10-13-25(32)21(5)6;1-10-4-6-13(7-5-10)14-8-11(2)12(3)9-15-14;/h10-14,16-21,23H,8-9H2,1-7H3;4-6,8-9H,1-3H3;/q2*-1;/i23D;;. The molecule has 0 spiro atoms. The number of hydrogen-bond donors (Lipinski definition) is 0. The van der Waals surface area contributed by atoms with Crippen molar-refractivity contribution in [2.24, 2.45) is 0 Å². The monoisotopic (exact) mass is 879 g/mol. The number of furan rings is 1. The van der Waals surface area contributed by atoms with E-state index in [1.54, 1.807) is 0 Å². The summed E-state index contributed by atoms with van der Waals surface area (Å²) in [5.41, 5.74) is 15.6. The molecule has 1 radical (unpaired) electrons. The molecule has 0 aliphatic carbocycles. The molecule has 0 fully saturated rings. The van der Waals surface area contributed by atoms with Gasteiger partial charge in [-0.25, -0.2) is 4.98 Å². The average molecular weight is 879 g/mol. The van der Waals surface area contributed by atoms with Gasteiger partial charge in [0, 0.05) is 44.8 Å². The Kier molecular flexibility index (Phi) is 12.4. The molecule has 0 bridgehead atoms. The maximum atomic E-state index is 8.88. The summed E-state index contributed by atoms with van der Waals surface area (Å²) in [6.07, 6.45) is 5.29. The van der Waals surface area contributed by atoms with Gasteiger partial charge in [-0.3, -0.25) is 0 Å². The van der Waals surface area contributed by atoms with Crippen molar-refractivity contribution in [1.29, 1.82) is 0 Å². The van der Waals surface area contributed by atoms with E-state index in [1.165, 1.54) is 33.4 Å². The van der Waals surface area contributed by atoms with Crippen molar-refractivity contribution in [3.05, 3.63) is 136 Å². The minimum Gasteiger partial charge on any atom is -0.486 e. The summed E-state index contributed by atoms with van der Waals surface area (Å²) in [6, 6.07) is 31.7. The summed E-state index contributed by atoms with van der Waals surface area (Å²) >= 11 is 0. The topological polar surface area (TPSA) is 51.8 Å². The van der Waals surface area contributed by atoms with Crippen LogP contribution in [-0.4, -0.2) is 15.0 Å². The van der Waals surface area contributed by atoms with Crippen LogP contribution in [0.1, 0.15) is 112 Å². The number of aryl methyl sites for hydroxylation is 4. The fourth-order valence-corrected chi connectivity index (χ4v) is 6.93. The molecule has 3 aromatic carbocycles. The van der Waals surface area contributed by atoms with Gasteiger partial charge in [0.15, 0.2) is 0 Å². The molecule has 4 aromatic heterocycles. The van der Waals surface area contributed by atoms with Crippen LogP contribution in [0.25, 0.3) is 55.8 Å². The van der Waals surface area contributed by atoms with Gasteiger partial charge in [-0.2, -0.15) is 0 Å². The second-order valence-electron chi connectivity index (χ2n) is 14.5. The van der Waals surface area contributed by atoms with E-state index < -0.39 is 5.89 Å². The Bertz CT molecular complexity index is 2360. The zero-order valence-corrected chi connectivity index (χ0v) is 35.1. The van der Waals surface area contributed by atoms with Crippen molar-refractivity contribution in [2.75, 3.05) is 0 Å². The molecule has 4 heterocycles. The Morgan fingerprint density at radius 3 is 1.98 bits per heavy atom. The largest absolute Gasteiger partial charge is 0.486 e. The Morgan fingerprint density at radius 2 is 1.38 bits per heavy atom. The molecule has 0 aliphatic heterocycles. The SMILES string of the molecule is Cc1c[c-]c(-c2cc(C)c(C)cn2)cc1.[2H]C(CC)(CC)c1cnc(-c2[c-]ccc3c2oc2nc(-c4c(C(C)C)cccc4C(C)C)ccc23)cc1C.[Ir]. The van der Waals surface area contributed by atoms with E-state index in [1.807, 2.05) is 30.6 Å². The van der Waals surface area contributed by atoms with Crippen LogP contribution in [0.15, 0.2) is 89.6 Å². The summed E-state index contributed by atoms with van der Waals surface area (Å²) in [6.45, 7) is 21.4. The second kappa shape index (κ2) is 17.1. The van der Waals surface area contributed by atoms with Crippen molar-refractivity contribution in [2.45, 2.75) is 99.8 Å². The van der Waals surface area contributed by atoms with Crippen LogP contribution in [0.4, 0.5) is 0 Å². The van der Waals surface area contributed by atoms with E-state index in [2.05, 4.69) is 141 Å². The first-order valence-corrected chi connectivity index (χ1v) is 18.6. The van der Waals surface area contributed by atoms with E-state index in [0.29, 0.717) is 17.5 Å². The Balaban J connectivity index is 0.000000293. The molecule has 5 heteroatoms. The molecule has 0 N–H and O–H groups in total. The number of fused-ring (bicyclic) bond motifs is 3. The molecule has 275 valence electrons. The first-order chi connectivity index (χ1) is 25.3. The van der Waals surface area contributed by atoms with Crippen molar-refractivity contribution in [3.8, 4) is 33.8 Å². The van der Waals surface area contributed by atoms with Gasteiger partial charge in [-0.15, -0.1) is 53.6 Å². The third-order valence-electron chi connectivity index (χ3n) is 10.1. The van der Waals surface area contributed by atoms with E-state index in [9.17, 15) is 0 Å². The number of aromatic nitrogens is 3. The summed E-state index contributed by atoms with van der Waals surface area (Å²) < 4.78 is 15.3. The Morgan fingerprint density at radius 1 is 0.698 bits per heavy atom. The number of benzene rings is 3. The van der Waals surface area contributed by atoms with Crippen LogP contribution in [0.5, 0.6) is 0 Å². The molecule has 0 aliphatic rings. The quantitative estimate of drug-likeness (QED) is 0.143. The maximum absolute atomic E-state index is 8.88. The molecule has 7 aromatic rings. The third kappa shape index (κ3) is 8.38. The molecule has 0 saturated carbocycles. The van der Waals surface area contributed by atoms with Crippen molar-refractivity contribution in [3.63, 3.8) is 0 Å². The van der Waals surface area contributed by atoms with Crippen LogP contribution in [0.3, 0.4) is 0 Å². The number of pyridine rings is 3. The molecular weight excluding hydrogens is 827 g/mol. The Labute approximate surface area is 331 Å². The van der Waals surface area contributed by atoms with E-state index in [0.717, 1.165) is 68.5 Å². The first-order valence-electron chi connectivity index (χ1n) is 19.1. The second-order valence-corrected chi connectivity index (χ2v) is 14.5. The third-order valence-corrected chi connectivity index (χ3v) is 10.1. The molecular formula is C48H51IrN3O-2. The fraction of sp³-hybridized carbons (Fsp3) is 0.312. The van der Waals surface area contributed by atoms with Gasteiger partial charge in [0.1, 0.15) is 0 Å². The fourth-order valence-electron chi connectivity index (χ4n) is 6.93. The molecule has 0 unspecified atom stereocenters. The van der Waals surface area contributed by atoms with E-state index in [4.69, 9.17) is 15.8 Å². The smallest absolute Gasteiger partial charge is 0.216 e. The minimum atomic E-state index is -0.619. The number of rotatable bonds is 8. The predicted molar refractivity (Wildman–Crippen MR) is 218 cm³/mol. The molecule has 0 amide bonds. The van der Waals surface area contributed by atoms with Gasteiger partial charge in [0.05, 0.1) is 11.3 Å². The van der Waals surface area contributed by atoms with Crippen LogP contribution < -0.4 is 0 Å². The molecule has 0 saturated heterocycles. The van der Waals surface area contributed by atoms with Crippen LogP contribution in [0.2, 0.25) is 0 Å².